The van der Waals surface area contributed by atoms with E-state index in [-0.39, 0.29) is 6.42 Å². The van der Waals surface area contributed by atoms with Gasteiger partial charge in [0.25, 0.3) is 0 Å². The molecule has 0 radical (unpaired) electrons. The van der Waals surface area contributed by atoms with Gasteiger partial charge in [-0.25, -0.2) is 0 Å². The van der Waals surface area contributed by atoms with Gasteiger partial charge in [0, 0.05) is 13.2 Å². The van der Waals surface area contributed by atoms with Gasteiger partial charge in [-0.2, -0.15) is 0 Å². The fourth-order valence-electron chi connectivity index (χ4n) is 1.67. The average Bonchev–Trinajstić information content (AvgIpc) is 2.43. The molecule has 0 rings (SSSR count). The van der Waals surface area contributed by atoms with E-state index in [2.05, 4.69) is 19.1 Å². The monoisotopic (exact) mass is 286 g/mol. The molecule has 0 aliphatic carbocycles. The van der Waals surface area contributed by atoms with Crippen LogP contribution in [0.3, 0.4) is 0 Å². The van der Waals surface area contributed by atoms with Crippen LogP contribution in [0.1, 0.15) is 58.3 Å². The lowest BCUT2D eigenvalue weighted by Crippen LogP contribution is -2.03. The van der Waals surface area contributed by atoms with E-state index in [9.17, 15) is 4.79 Å². The van der Waals surface area contributed by atoms with Gasteiger partial charge in [0.15, 0.2) is 0 Å². The molecule has 0 saturated carbocycles. The highest BCUT2D eigenvalue weighted by molar-refractivity contribution is 5.66. The van der Waals surface area contributed by atoms with Crippen LogP contribution in [0.2, 0.25) is 0 Å². The lowest BCUT2D eigenvalue weighted by molar-refractivity contribution is -0.138. The molecule has 1 N–H and O–H groups in total. The van der Waals surface area contributed by atoms with E-state index in [1.807, 2.05) is 0 Å². The number of hydrogen-bond acceptors (Lipinski definition) is 3. The largest absolute Gasteiger partial charge is 0.481 e. The Balaban J connectivity index is 3.07. The first kappa shape index (κ1) is 19.1. The van der Waals surface area contributed by atoms with Crippen molar-refractivity contribution < 1.29 is 19.4 Å². The topological polar surface area (TPSA) is 55.8 Å². The molecule has 0 aromatic carbocycles. The quantitative estimate of drug-likeness (QED) is 0.367. The minimum atomic E-state index is -0.801. The van der Waals surface area contributed by atoms with Crippen molar-refractivity contribution >= 4 is 5.97 Å². The van der Waals surface area contributed by atoms with Crippen LogP contribution in [0.15, 0.2) is 12.2 Å². The highest BCUT2D eigenvalue weighted by Crippen LogP contribution is 1.99. The normalized spacial score (nSPS) is 11.2. The van der Waals surface area contributed by atoms with Gasteiger partial charge in [0.1, 0.15) is 0 Å². The van der Waals surface area contributed by atoms with E-state index in [1.54, 1.807) is 0 Å². The Kier molecular flexibility index (Phi) is 15.5. The number of rotatable bonds is 15. The van der Waals surface area contributed by atoms with Crippen LogP contribution in [0.4, 0.5) is 0 Å². The number of carboxylic acids is 1. The molecule has 118 valence electrons. The van der Waals surface area contributed by atoms with Crippen molar-refractivity contribution in [1.29, 1.82) is 0 Å². The fraction of sp³-hybridized carbons (Fsp3) is 0.812. The van der Waals surface area contributed by atoms with Crippen molar-refractivity contribution in [3.05, 3.63) is 12.2 Å². The second-order valence-electron chi connectivity index (χ2n) is 4.83. The Hall–Kier alpha value is -0.870. The van der Waals surface area contributed by atoms with Crippen LogP contribution in [0.5, 0.6) is 0 Å². The summed E-state index contributed by atoms with van der Waals surface area (Å²) in [7, 11) is 0. The molecule has 0 fully saturated rings. The Morgan fingerprint density at radius 3 is 2.25 bits per heavy atom. The molecule has 0 aromatic rings. The summed E-state index contributed by atoms with van der Waals surface area (Å²) in [5, 5.41) is 8.42. The van der Waals surface area contributed by atoms with Crippen molar-refractivity contribution in [3.63, 3.8) is 0 Å². The number of aliphatic carboxylic acids is 1. The molecule has 0 aliphatic heterocycles. The third-order valence-corrected chi connectivity index (χ3v) is 2.86. The average molecular weight is 286 g/mol. The Bertz CT molecular complexity index is 239. The zero-order valence-corrected chi connectivity index (χ0v) is 12.8. The number of ether oxygens (including phenoxy) is 2. The van der Waals surface area contributed by atoms with Gasteiger partial charge in [-0.05, 0) is 32.1 Å². The zero-order valence-electron chi connectivity index (χ0n) is 12.8. The van der Waals surface area contributed by atoms with Crippen LogP contribution in [0, 0.1) is 0 Å². The number of carboxylic acid groups (broad SMARTS) is 1. The second-order valence-corrected chi connectivity index (χ2v) is 4.83. The summed E-state index contributed by atoms with van der Waals surface area (Å²) in [6.45, 7) is 4.87. The van der Waals surface area contributed by atoms with Crippen LogP contribution in [0.25, 0.3) is 0 Å². The van der Waals surface area contributed by atoms with Gasteiger partial charge >= 0.3 is 5.97 Å². The SMILES string of the molecule is CCCCCOCC/C=C/CCCCOCCC(=O)O. The summed E-state index contributed by atoms with van der Waals surface area (Å²) < 4.78 is 10.7. The number of unbranched alkanes of at least 4 members (excludes halogenated alkanes) is 4. The molecule has 0 heterocycles. The van der Waals surface area contributed by atoms with Crippen molar-refractivity contribution in [3.8, 4) is 0 Å². The molecule has 0 amide bonds. The Morgan fingerprint density at radius 1 is 0.900 bits per heavy atom. The molecular weight excluding hydrogens is 256 g/mol. The van der Waals surface area contributed by atoms with Crippen molar-refractivity contribution in [2.75, 3.05) is 26.4 Å². The van der Waals surface area contributed by atoms with Gasteiger partial charge in [-0.3, -0.25) is 4.79 Å². The zero-order chi connectivity index (χ0) is 14.9. The van der Waals surface area contributed by atoms with Crippen molar-refractivity contribution in [2.24, 2.45) is 0 Å². The van der Waals surface area contributed by atoms with Crippen molar-refractivity contribution in [1.82, 2.24) is 0 Å². The predicted molar refractivity (Wildman–Crippen MR) is 81.0 cm³/mol. The summed E-state index contributed by atoms with van der Waals surface area (Å²) >= 11 is 0. The highest BCUT2D eigenvalue weighted by atomic mass is 16.5. The minimum Gasteiger partial charge on any atom is -0.481 e. The first-order valence-corrected chi connectivity index (χ1v) is 7.79. The summed E-state index contributed by atoms with van der Waals surface area (Å²) in [5.41, 5.74) is 0. The molecule has 0 aromatic heterocycles. The van der Waals surface area contributed by atoms with Crippen LogP contribution in [-0.4, -0.2) is 37.5 Å². The number of allylic oxidation sites excluding steroid dienone is 1. The molecular formula is C16H30O4. The molecule has 4 heteroatoms. The van der Waals surface area contributed by atoms with E-state index in [1.165, 1.54) is 19.3 Å². The fourth-order valence-corrected chi connectivity index (χ4v) is 1.67. The number of carbonyl (C=O) groups is 1. The highest BCUT2D eigenvalue weighted by Gasteiger charge is 1.95. The Labute approximate surface area is 123 Å². The predicted octanol–water partition coefficient (Wildman–Crippen LogP) is 3.80. The molecule has 0 spiro atoms. The summed E-state index contributed by atoms with van der Waals surface area (Å²) in [6.07, 6.45) is 12.2. The summed E-state index contributed by atoms with van der Waals surface area (Å²) in [6, 6.07) is 0. The van der Waals surface area contributed by atoms with Crippen LogP contribution >= 0.6 is 0 Å². The lowest BCUT2D eigenvalue weighted by Gasteiger charge is -2.01. The lowest BCUT2D eigenvalue weighted by atomic mass is 10.2. The van der Waals surface area contributed by atoms with Gasteiger partial charge in [0.05, 0.1) is 19.6 Å². The van der Waals surface area contributed by atoms with E-state index in [0.29, 0.717) is 13.2 Å². The standard InChI is InChI=1S/C16H30O4/c1-2-3-8-12-19-13-9-6-4-5-7-10-14-20-15-11-16(17)18/h4,6H,2-3,5,7-15H2,1H3,(H,17,18)/b6-4+. The third kappa shape index (κ3) is 17.1. The first-order chi connectivity index (χ1) is 9.77. The number of hydrogen-bond donors (Lipinski definition) is 1. The first-order valence-electron chi connectivity index (χ1n) is 7.79. The smallest absolute Gasteiger partial charge is 0.305 e. The van der Waals surface area contributed by atoms with E-state index in [4.69, 9.17) is 14.6 Å². The maximum Gasteiger partial charge on any atom is 0.305 e. The minimum absolute atomic E-state index is 0.0954. The maximum absolute atomic E-state index is 10.2. The molecule has 0 unspecified atom stereocenters. The molecule has 0 atom stereocenters. The molecule has 4 nitrogen and oxygen atoms in total. The molecule has 20 heavy (non-hydrogen) atoms. The van der Waals surface area contributed by atoms with E-state index >= 15 is 0 Å². The van der Waals surface area contributed by atoms with Crippen LogP contribution < -0.4 is 0 Å². The maximum atomic E-state index is 10.2. The van der Waals surface area contributed by atoms with E-state index in [0.717, 1.165) is 38.9 Å². The molecule has 0 bridgehead atoms. The summed E-state index contributed by atoms with van der Waals surface area (Å²) in [5.74, 6) is -0.801. The van der Waals surface area contributed by atoms with Crippen LogP contribution in [-0.2, 0) is 14.3 Å². The molecule has 0 aliphatic rings. The van der Waals surface area contributed by atoms with Gasteiger partial charge in [-0.1, -0.05) is 31.9 Å². The third-order valence-electron chi connectivity index (χ3n) is 2.86. The van der Waals surface area contributed by atoms with Gasteiger partial charge < -0.3 is 14.6 Å². The van der Waals surface area contributed by atoms with Crippen molar-refractivity contribution in [2.45, 2.75) is 58.3 Å². The Morgan fingerprint density at radius 2 is 1.55 bits per heavy atom. The second kappa shape index (κ2) is 16.2. The van der Waals surface area contributed by atoms with Gasteiger partial charge in [0.2, 0.25) is 0 Å². The summed E-state index contributed by atoms with van der Waals surface area (Å²) in [4.78, 5) is 10.2. The molecule has 0 saturated heterocycles. The van der Waals surface area contributed by atoms with Gasteiger partial charge in [-0.15, -0.1) is 0 Å². The van der Waals surface area contributed by atoms with E-state index < -0.39 is 5.97 Å².